The third-order valence-corrected chi connectivity index (χ3v) is 6.06. The second-order valence-electron chi connectivity index (χ2n) is 7.72. The van der Waals surface area contributed by atoms with E-state index in [0.29, 0.717) is 37.4 Å². The van der Waals surface area contributed by atoms with Crippen LogP contribution >= 0.6 is 0 Å². The van der Waals surface area contributed by atoms with Gasteiger partial charge in [-0.15, -0.1) is 0 Å². The number of carbonyl (C=O) groups excluding carboxylic acids is 2. The molecule has 7 nitrogen and oxygen atoms in total. The number of pyridine rings is 1. The van der Waals surface area contributed by atoms with E-state index in [0.717, 1.165) is 11.3 Å². The third kappa shape index (κ3) is 3.52. The topological polar surface area (TPSA) is 88.8 Å². The van der Waals surface area contributed by atoms with Gasteiger partial charge < -0.3 is 20.3 Å². The predicted octanol–water partition coefficient (Wildman–Crippen LogP) is 2.35. The lowest BCUT2D eigenvalue weighted by Crippen LogP contribution is -2.37. The van der Waals surface area contributed by atoms with Crippen LogP contribution in [0.15, 0.2) is 42.6 Å². The van der Waals surface area contributed by atoms with E-state index in [2.05, 4.69) is 4.98 Å². The molecule has 2 aliphatic heterocycles. The second kappa shape index (κ2) is 7.73. The van der Waals surface area contributed by atoms with Crippen molar-refractivity contribution in [3.63, 3.8) is 0 Å². The average molecular weight is 394 g/mol. The van der Waals surface area contributed by atoms with Gasteiger partial charge in [-0.05, 0) is 29.8 Å². The van der Waals surface area contributed by atoms with Gasteiger partial charge in [0.25, 0.3) is 5.91 Å². The molecule has 0 bridgehead atoms. The first-order valence-corrected chi connectivity index (χ1v) is 9.96. The number of carbonyl (C=O) groups is 2. The van der Waals surface area contributed by atoms with Crippen LogP contribution in [0.2, 0.25) is 0 Å². The van der Waals surface area contributed by atoms with Gasteiger partial charge in [-0.1, -0.05) is 19.1 Å². The van der Waals surface area contributed by atoms with Gasteiger partial charge in [-0.25, -0.2) is 4.98 Å². The summed E-state index contributed by atoms with van der Waals surface area (Å²) >= 11 is 0. The number of anilines is 1. The van der Waals surface area contributed by atoms with Crippen LogP contribution in [0.5, 0.6) is 5.75 Å². The molecule has 0 spiro atoms. The van der Waals surface area contributed by atoms with Gasteiger partial charge in [0.1, 0.15) is 11.6 Å². The van der Waals surface area contributed by atoms with Gasteiger partial charge in [0, 0.05) is 44.1 Å². The highest BCUT2D eigenvalue weighted by molar-refractivity contribution is 5.94. The molecule has 4 rings (SSSR count). The zero-order chi connectivity index (χ0) is 20.5. The monoisotopic (exact) mass is 394 g/mol. The average Bonchev–Trinajstić information content (AvgIpc) is 3.31. The Morgan fingerprint density at radius 2 is 1.90 bits per heavy atom. The van der Waals surface area contributed by atoms with Crippen LogP contribution in [0.1, 0.15) is 35.3 Å². The maximum atomic E-state index is 12.9. The minimum atomic E-state index is -0.0336. The van der Waals surface area contributed by atoms with E-state index in [9.17, 15) is 9.59 Å². The Balaban J connectivity index is 1.58. The summed E-state index contributed by atoms with van der Waals surface area (Å²) in [5, 5.41) is 0. The summed E-state index contributed by atoms with van der Waals surface area (Å²) in [5.74, 6) is 1.78. The van der Waals surface area contributed by atoms with Crippen molar-refractivity contribution in [3.05, 3.63) is 53.7 Å². The molecule has 0 radical (unpaired) electrons. The van der Waals surface area contributed by atoms with Crippen molar-refractivity contribution in [1.82, 2.24) is 14.8 Å². The molecule has 2 fully saturated rings. The van der Waals surface area contributed by atoms with Gasteiger partial charge in [0.15, 0.2) is 0 Å². The van der Waals surface area contributed by atoms with Crippen LogP contribution in [0, 0.1) is 11.8 Å². The molecule has 7 heteroatoms. The van der Waals surface area contributed by atoms with Crippen LogP contribution in [-0.2, 0) is 4.79 Å². The lowest BCUT2D eigenvalue weighted by atomic mass is 9.89. The van der Waals surface area contributed by atoms with Crippen LogP contribution in [0.25, 0.3) is 0 Å². The summed E-state index contributed by atoms with van der Waals surface area (Å²) in [6.45, 7) is 3.84. The van der Waals surface area contributed by atoms with Crippen molar-refractivity contribution < 1.29 is 14.3 Å². The van der Waals surface area contributed by atoms with E-state index < -0.39 is 0 Å². The van der Waals surface area contributed by atoms with Crippen molar-refractivity contribution in [1.29, 1.82) is 0 Å². The SMILES string of the molecule is CCC(=O)N1C[C@@H]2CN(C(=O)c3ccc(N)nc3)C[C@@H]2[C@@H]1c1ccc(OC)cc1. The number of aromatic nitrogens is 1. The summed E-state index contributed by atoms with van der Waals surface area (Å²) < 4.78 is 5.27. The Hall–Kier alpha value is -3.09. The molecular weight excluding hydrogens is 368 g/mol. The number of likely N-dealkylation sites (tertiary alicyclic amines) is 2. The number of benzene rings is 1. The number of nitrogen functional groups attached to an aromatic ring is 1. The van der Waals surface area contributed by atoms with E-state index in [4.69, 9.17) is 10.5 Å². The molecule has 2 amide bonds. The van der Waals surface area contributed by atoms with Crippen molar-refractivity contribution in [2.45, 2.75) is 19.4 Å². The maximum absolute atomic E-state index is 12.9. The molecule has 0 unspecified atom stereocenters. The van der Waals surface area contributed by atoms with Gasteiger partial charge in [-0.2, -0.15) is 0 Å². The van der Waals surface area contributed by atoms with Crippen molar-refractivity contribution >= 4 is 17.6 Å². The third-order valence-electron chi connectivity index (χ3n) is 6.06. The largest absolute Gasteiger partial charge is 0.497 e. The number of ether oxygens (including phenoxy) is 1. The molecule has 2 N–H and O–H groups in total. The summed E-state index contributed by atoms with van der Waals surface area (Å²) in [6, 6.07) is 11.2. The molecular formula is C22H26N4O3. The van der Waals surface area contributed by atoms with Gasteiger partial charge in [0.2, 0.25) is 5.91 Å². The number of methoxy groups -OCH3 is 1. The zero-order valence-electron chi connectivity index (χ0n) is 16.7. The fraction of sp³-hybridized carbons (Fsp3) is 0.409. The summed E-state index contributed by atoms with van der Waals surface area (Å²) in [7, 11) is 1.64. The number of fused-ring (bicyclic) bond motifs is 1. The molecule has 1 aromatic heterocycles. The normalized spacial score (nSPS) is 23.2. The number of hydrogen-bond acceptors (Lipinski definition) is 5. The van der Waals surface area contributed by atoms with Gasteiger partial charge in [0.05, 0.1) is 18.7 Å². The number of hydrogen-bond donors (Lipinski definition) is 1. The lowest BCUT2D eigenvalue weighted by Gasteiger charge is -2.30. The number of amides is 2. The van der Waals surface area contributed by atoms with Crippen molar-refractivity contribution in [2.75, 3.05) is 32.5 Å². The minimum absolute atomic E-state index is 0.0271. The number of nitrogens with zero attached hydrogens (tertiary/aromatic N) is 3. The molecule has 2 saturated heterocycles. The molecule has 0 saturated carbocycles. The molecule has 2 aromatic rings. The molecule has 3 atom stereocenters. The maximum Gasteiger partial charge on any atom is 0.255 e. The second-order valence-corrected chi connectivity index (χ2v) is 7.72. The first kappa shape index (κ1) is 19.2. The standard InChI is InChI=1S/C22H26N4O3/c1-3-20(27)26-12-16-11-25(22(28)15-6-9-19(23)24-10-15)13-18(16)21(26)14-4-7-17(29-2)8-5-14/h4-10,16,18,21H,3,11-13H2,1-2H3,(H2,23,24)/t16-,18-,21-/m0/s1. The van der Waals surface area contributed by atoms with E-state index in [-0.39, 0.29) is 29.7 Å². The lowest BCUT2D eigenvalue weighted by molar-refractivity contribution is -0.132. The Morgan fingerprint density at radius 1 is 1.14 bits per heavy atom. The highest BCUT2D eigenvalue weighted by Crippen LogP contribution is 2.45. The zero-order valence-corrected chi connectivity index (χ0v) is 16.7. The van der Waals surface area contributed by atoms with Crippen LogP contribution < -0.4 is 10.5 Å². The Kier molecular flexibility index (Phi) is 5.13. The number of nitrogens with two attached hydrogens (primary N) is 1. The quantitative estimate of drug-likeness (QED) is 0.860. The highest BCUT2D eigenvalue weighted by Gasteiger charge is 2.49. The smallest absolute Gasteiger partial charge is 0.255 e. The minimum Gasteiger partial charge on any atom is -0.497 e. The predicted molar refractivity (Wildman–Crippen MR) is 109 cm³/mol. The molecule has 152 valence electrons. The first-order valence-electron chi connectivity index (χ1n) is 9.96. The molecule has 29 heavy (non-hydrogen) atoms. The van der Waals surface area contributed by atoms with Crippen LogP contribution in [-0.4, -0.2) is 53.3 Å². The number of rotatable bonds is 4. The van der Waals surface area contributed by atoms with Crippen molar-refractivity contribution in [2.24, 2.45) is 11.8 Å². The van der Waals surface area contributed by atoms with Gasteiger partial charge in [-0.3, -0.25) is 9.59 Å². The summed E-state index contributed by atoms with van der Waals surface area (Å²) in [4.78, 5) is 33.5. The van der Waals surface area contributed by atoms with E-state index in [1.807, 2.05) is 41.0 Å². The Labute approximate surface area is 170 Å². The molecule has 3 heterocycles. The van der Waals surface area contributed by atoms with Crippen LogP contribution in [0.4, 0.5) is 5.82 Å². The summed E-state index contributed by atoms with van der Waals surface area (Å²) in [5.41, 5.74) is 7.26. The highest BCUT2D eigenvalue weighted by atomic mass is 16.5. The molecule has 1 aromatic carbocycles. The Bertz CT molecular complexity index is 897. The summed E-state index contributed by atoms with van der Waals surface area (Å²) in [6.07, 6.45) is 2.01. The van der Waals surface area contributed by atoms with Crippen LogP contribution in [0.3, 0.4) is 0 Å². The van der Waals surface area contributed by atoms with Gasteiger partial charge >= 0.3 is 0 Å². The van der Waals surface area contributed by atoms with E-state index in [1.54, 1.807) is 19.2 Å². The fourth-order valence-electron chi connectivity index (χ4n) is 4.61. The molecule has 0 aliphatic carbocycles. The Morgan fingerprint density at radius 3 is 2.52 bits per heavy atom. The van der Waals surface area contributed by atoms with E-state index >= 15 is 0 Å². The van der Waals surface area contributed by atoms with Crippen molar-refractivity contribution in [3.8, 4) is 5.75 Å². The molecule has 2 aliphatic rings. The van der Waals surface area contributed by atoms with E-state index in [1.165, 1.54) is 6.20 Å². The first-order chi connectivity index (χ1) is 14.0. The fourth-order valence-corrected chi connectivity index (χ4v) is 4.61.